The van der Waals surface area contributed by atoms with Gasteiger partial charge in [0, 0.05) is 18.7 Å². The van der Waals surface area contributed by atoms with Crippen LogP contribution in [0.5, 0.6) is 0 Å². The molecule has 0 radical (unpaired) electrons. The van der Waals surface area contributed by atoms with Crippen molar-refractivity contribution in [1.29, 1.82) is 0 Å². The number of urea groups is 2. The van der Waals surface area contributed by atoms with E-state index in [1.54, 1.807) is 18.2 Å². The van der Waals surface area contributed by atoms with Gasteiger partial charge in [0.25, 0.3) is 0 Å². The second-order valence-electron chi connectivity index (χ2n) is 4.89. The molecule has 116 valence electrons. The zero-order valence-electron chi connectivity index (χ0n) is 11.6. The third-order valence-electron chi connectivity index (χ3n) is 3.52. The van der Waals surface area contributed by atoms with Crippen LogP contribution in [0.15, 0.2) is 45.8 Å². The van der Waals surface area contributed by atoms with Crippen LogP contribution in [-0.2, 0) is 5.60 Å². The quantitative estimate of drug-likeness (QED) is 0.776. The van der Waals surface area contributed by atoms with Crippen LogP contribution >= 0.6 is 0 Å². The van der Waals surface area contributed by atoms with Gasteiger partial charge in [0.2, 0.25) is 0 Å². The Labute approximate surface area is 125 Å². The molecule has 0 aliphatic carbocycles. The molecular weight excluding hydrogens is 290 g/mol. The van der Waals surface area contributed by atoms with Crippen LogP contribution in [0.2, 0.25) is 0 Å². The number of rotatable bonds is 4. The smallest absolute Gasteiger partial charge is 0.325 e. The number of amides is 4. The summed E-state index contributed by atoms with van der Waals surface area (Å²) in [5.74, 6) is 0.264. The van der Waals surface area contributed by atoms with Crippen molar-refractivity contribution in [3.05, 3.63) is 48.3 Å². The van der Waals surface area contributed by atoms with E-state index >= 15 is 0 Å². The second kappa shape index (κ2) is 5.57. The number of carbonyl (C=O) groups is 2. The SMILES string of the molecule is O=C1NCCN1C(=O)NC[C@@](O)(c1ccoc1)c1ccco1. The van der Waals surface area contributed by atoms with E-state index in [0.29, 0.717) is 12.1 Å². The molecule has 8 heteroatoms. The van der Waals surface area contributed by atoms with Crippen LogP contribution in [0.25, 0.3) is 0 Å². The third-order valence-corrected chi connectivity index (χ3v) is 3.52. The average molecular weight is 305 g/mol. The summed E-state index contributed by atoms with van der Waals surface area (Å²) in [6, 6.07) is 3.78. The van der Waals surface area contributed by atoms with E-state index in [4.69, 9.17) is 8.83 Å². The largest absolute Gasteiger partial charge is 0.472 e. The Kier molecular flexibility index (Phi) is 3.60. The molecule has 1 aliphatic heterocycles. The first-order valence-corrected chi connectivity index (χ1v) is 6.73. The van der Waals surface area contributed by atoms with Gasteiger partial charge in [-0.1, -0.05) is 0 Å². The van der Waals surface area contributed by atoms with Gasteiger partial charge in [-0.3, -0.25) is 0 Å². The highest BCUT2D eigenvalue weighted by Gasteiger charge is 2.37. The molecule has 4 amide bonds. The van der Waals surface area contributed by atoms with Gasteiger partial charge in [-0.15, -0.1) is 0 Å². The van der Waals surface area contributed by atoms with Crippen LogP contribution in [0.4, 0.5) is 9.59 Å². The lowest BCUT2D eigenvalue weighted by Gasteiger charge is -2.26. The van der Waals surface area contributed by atoms with Gasteiger partial charge >= 0.3 is 12.1 Å². The monoisotopic (exact) mass is 305 g/mol. The number of aliphatic hydroxyl groups is 1. The standard InChI is InChI=1S/C14H15N3O5/c18-12-15-4-5-17(12)13(19)16-9-14(20,10-3-7-21-8-10)11-2-1-6-22-11/h1-3,6-8,20H,4-5,9H2,(H,15,18)(H,16,19)/t14-/m1/s1. The maximum atomic E-state index is 12.0. The molecule has 3 heterocycles. The minimum absolute atomic E-state index is 0.164. The first-order valence-electron chi connectivity index (χ1n) is 6.73. The Balaban J connectivity index is 1.77. The maximum absolute atomic E-state index is 12.0. The lowest BCUT2D eigenvalue weighted by molar-refractivity contribution is 0.0571. The van der Waals surface area contributed by atoms with Crippen molar-refractivity contribution < 1.29 is 23.5 Å². The van der Waals surface area contributed by atoms with Crippen LogP contribution < -0.4 is 10.6 Å². The second-order valence-corrected chi connectivity index (χ2v) is 4.89. The Morgan fingerprint density at radius 1 is 1.45 bits per heavy atom. The summed E-state index contributed by atoms with van der Waals surface area (Å²) in [6.45, 7) is 0.536. The van der Waals surface area contributed by atoms with Crippen molar-refractivity contribution in [1.82, 2.24) is 15.5 Å². The van der Waals surface area contributed by atoms with Crippen molar-refractivity contribution in [2.45, 2.75) is 5.60 Å². The summed E-state index contributed by atoms with van der Waals surface area (Å²) in [5.41, 5.74) is -1.14. The molecule has 0 aromatic carbocycles. The Morgan fingerprint density at radius 3 is 2.91 bits per heavy atom. The molecule has 3 rings (SSSR count). The van der Waals surface area contributed by atoms with Gasteiger partial charge in [0.15, 0.2) is 5.60 Å². The van der Waals surface area contributed by atoms with Gasteiger partial charge in [-0.05, 0) is 18.2 Å². The van der Waals surface area contributed by atoms with Crippen molar-refractivity contribution in [3.63, 3.8) is 0 Å². The van der Waals surface area contributed by atoms with Crippen LogP contribution in [-0.4, -0.2) is 41.7 Å². The molecule has 2 aromatic heterocycles. The molecule has 2 aromatic rings. The topological polar surface area (TPSA) is 108 Å². The number of imide groups is 1. The van der Waals surface area contributed by atoms with E-state index in [2.05, 4.69) is 10.6 Å². The van der Waals surface area contributed by atoms with E-state index in [1.165, 1.54) is 18.8 Å². The Bertz CT molecular complexity index is 616. The van der Waals surface area contributed by atoms with Crippen LogP contribution in [0.1, 0.15) is 11.3 Å². The molecule has 0 saturated carbocycles. The average Bonchev–Trinajstić information content (AvgIpc) is 3.24. The lowest BCUT2D eigenvalue weighted by Crippen LogP contribution is -2.47. The molecule has 1 atom stereocenters. The minimum Gasteiger partial charge on any atom is -0.472 e. The summed E-state index contributed by atoms with van der Waals surface area (Å²) in [7, 11) is 0. The number of hydrogen-bond donors (Lipinski definition) is 3. The van der Waals surface area contributed by atoms with Gasteiger partial charge in [-0.25, -0.2) is 14.5 Å². The van der Waals surface area contributed by atoms with Gasteiger partial charge in [0.1, 0.15) is 5.76 Å². The highest BCUT2D eigenvalue weighted by molar-refractivity contribution is 5.94. The predicted octanol–water partition coefficient (Wildman–Crippen LogP) is 0.843. The molecule has 0 spiro atoms. The van der Waals surface area contributed by atoms with E-state index in [9.17, 15) is 14.7 Å². The van der Waals surface area contributed by atoms with E-state index in [0.717, 1.165) is 4.90 Å². The fourth-order valence-corrected chi connectivity index (χ4v) is 2.31. The summed E-state index contributed by atoms with van der Waals surface area (Å²) in [6.07, 6.45) is 4.21. The Morgan fingerprint density at radius 2 is 2.32 bits per heavy atom. The van der Waals surface area contributed by atoms with Crippen LogP contribution in [0.3, 0.4) is 0 Å². The Hall–Kier alpha value is -2.74. The number of nitrogens with zero attached hydrogens (tertiary/aromatic N) is 1. The zero-order valence-corrected chi connectivity index (χ0v) is 11.6. The maximum Gasteiger partial charge on any atom is 0.325 e. The fourth-order valence-electron chi connectivity index (χ4n) is 2.31. The molecule has 1 fully saturated rings. The first-order chi connectivity index (χ1) is 10.6. The summed E-state index contributed by atoms with van der Waals surface area (Å²) < 4.78 is 10.3. The van der Waals surface area contributed by atoms with E-state index in [-0.39, 0.29) is 18.8 Å². The summed E-state index contributed by atoms with van der Waals surface area (Å²) in [4.78, 5) is 24.5. The summed E-state index contributed by atoms with van der Waals surface area (Å²) >= 11 is 0. The fraction of sp³-hybridized carbons (Fsp3) is 0.286. The lowest BCUT2D eigenvalue weighted by atomic mass is 9.93. The normalized spacial score (nSPS) is 17.1. The van der Waals surface area contributed by atoms with Crippen molar-refractivity contribution in [2.24, 2.45) is 0 Å². The van der Waals surface area contributed by atoms with Crippen molar-refractivity contribution in [2.75, 3.05) is 19.6 Å². The summed E-state index contributed by atoms with van der Waals surface area (Å²) in [5, 5.41) is 16.0. The molecule has 8 nitrogen and oxygen atoms in total. The third kappa shape index (κ3) is 2.44. The number of carbonyl (C=O) groups excluding carboxylic acids is 2. The minimum atomic E-state index is -1.58. The van der Waals surface area contributed by atoms with Gasteiger partial charge in [-0.2, -0.15) is 0 Å². The van der Waals surface area contributed by atoms with Gasteiger partial charge < -0.3 is 24.6 Å². The molecule has 22 heavy (non-hydrogen) atoms. The first kappa shape index (κ1) is 14.2. The van der Waals surface area contributed by atoms with E-state index in [1.807, 2.05) is 0 Å². The highest BCUT2D eigenvalue weighted by atomic mass is 16.4. The predicted molar refractivity (Wildman–Crippen MR) is 73.9 cm³/mol. The zero-order chi connectivity index (χ0) is 15.6. The van der Waals surface area contributed by atoms with E-state index < -0.39 is 17.7 Å². The van der Waals surface area contributed by atoms with Crippen molar-refractivity contribution >= 4 is 12.1 Å². The number of nitrogens with one attached hydrogen (secondary N) is 2. The number of furan rings is 2. The molecule has 0 bridgehead atoms. The van der Waals surface area contributed by atoms with Crippen molar-refractivity contribution in [3.8, 4) is 0 Å². The van der Waals surface area contributed by atoms with Crippen LogP contribution in [0, 0.1) is 0 Å². The number of hydrogen-bond acceptors (Lipinski definition) is 5. The molecule has 0 unspecified atom stereocenters. The molecule has 3 N–H and O–H groups in total. The highest BCUT2D eigenvalue weighted by Crippen LogP contribution is 2.29. The molecule has 1 saturated heterocycles. The van der Waals surface area contributed by atoms with Gasteiger partial charge in [0.05, 0.1) is 25.3 Å². The molecular formula is C14H15N3O5. The molecule has 1 aliphatic rings.